The average Bonchev–Trinajstić information content (AvgIpc) is 2.64. The Labute approximate surface area is 146 Å². The Morgan fingerprint density at radius 1 is 0.880 bits per heavy atom. The summed E-state index contributed by atoms with van der Waals surface area (Å²) in [4.78, 5) is 0. The predicted octanol–water partition coefficient (Wildman–Crippen LogP) is 3.38. The summed E-state index contributed by atoms with van der Waals surface area (Å²) >= 11 is 0. The Balaban J connectivity index is 2.64. The molecule has 0 amide bonds. The maximum atomic E-state index is 10.0. The number of allylic oxidation sites excluding steroid dienone is 1. The van der Waals surface area contributed by atoms with E-state index in [1.165, 1.54) is 40.6 Å². The van der Waals surface area contributed by atoms with Crippen LogP contribution in [0.15, 0.2) is 36.4 Å². The van der Waals surface area contributed by atoms with E-state index in [1.807, 2.05) is 6.07 Å². The molecule has 1 N–H and O–H groups in total. The van der Waals surface area contributed by atoms with Crippen LogP contribution in [-0.4, -0.2) is 33.5 Å². The zero-order valence-corrected chi connectivity index (χ0v) is 14.5. The van der Waals surface area contributed by atoms with Gasteiger partial charge in [-0.25, -0.2) is 0 Å². The van der Waals surface area contributed by atoms with Crippen molar-refractivity contribution in [3.63, 3.8) is 0 Å². The van der Waals surface area contributed by atoms with Crippen LogP contribution >= 0.6 is 0 Å². The summed E-state index contributed by atoms with van der Waals surface area (Å²) in [5, 5.41) is 19.2. The number of nitriles is 1. The zero-order valence-electron chi connectivity index (χ0n) is 14.5. The van der Waals surface area contributed by atoms with Gasteiger partial charge in [-0.3, -0.25) is 0 Å². The quantitative estimate of drug-likeness (QED) is 0.811. The van der Waals surface area contributed by atoms with Crippen molar-refractivity contribution in [3.05, 3.63) is 47.5 Å². The fourth-order valence-corrected chi connectivity index (χ4v) is 2.49. The molecule has 2 aromatic rings. The van der Waals surface area contributed by atoms with Crippen molar-refractivity contribution < 1.29 is 24.1 Å². The molecular formula is C19H19NO5. The third-order valence-corrected chi connectivity index (χ3v) is 3.67. The first-order valence-corrected chi connectivity index (χ1v) is 7.37. The first kappa shape index (κ1) is 18.0. The number of nitrogens with zero attached hydrogens (tertiary/aromatic N) is 1. The molecule has 0 bridgehead atoms. The smallest absolute Gasteiger partial charge is 0.203 e. The van der Waals surface area contributed by atoms with E-state index in [0.717, 1.165) is 0 Å². The van der Waals surface area contributed by atoms with Crippen molar-refractivity contribution in [1.29, 1.82) is 5.26 Å². The molecule has 6 nitrogen and oxygen atoms in total. The van der Waals surface area contributed by atoms with Crippen LogP contribution in [0.2, 0.25) is 0 Å². The minimum atomic E-state index is -0.0173. The Morgan fingerprint density at radius 3 is 1.92 bits per heavy atom. The van der Waals surface area contributed by atoms with Gasteiger partial charge in [-0.2, -0.15) is 5.26 Å². The van der Waals surface area contributed by atoms with E-state index in [1.54, 1.807) is 24.3 Å². The Kier molecular flexibility index (Phi) is 5.75. The highest BCUT2D eigenvalue weighted by Crippen LogP contribution is 2.41. The summed E-state index contributed by atoms with van der Waals surface area (Å²) in [7, 11) is 6.04. The summed E-state index contributed by atoms with van der Waals surface area (Å²) < 4.78 is 21.1. The second kappa shape index (κ2) is 7.97. The van der Waals surface area contributed by atoms with Crippen LogP contribution in [0.5, 0.6) is 28.7 Å². The van der Waals surface area contributed by atoms with Crippen molar-refractivity contribution >= 4 is 5.57 Å². The highest BCUT2D eigenvalue weighted by atomic mass is 16.5. The molecule has 0 aliphatic carbocycles. The molecule has 0 saturated heterocycles. The lowest BCUT2D eigenvalue weighted by molar-refractivity contribution is 0.324. The van der Waals surface area contributed by atoms with Gasteiger partial charge >= 0.3 is 0 Å². The number of hydrogen-bond donors (Lipinski definition) is 1. The number of benzene rings is 2. The first-order chi connectivity index (χ1) is 12.1. The molecule has 0 saturated carbocycles. The summed E-state index contributed by atoms with van der Waals surface area (Å²) in [5.74, 6) is 1.74. The minimum absolute atomic E-state index is 0.0173. The van der Waals surface area contributed by atoms with Gasteiger partial charge in [0.1, 0.15) is 0 Å². The summed E-state index contributed by atoms with van der Waals surface area (Å²) in [5.41, 5.74) is 1.93. The molecule has 0 aliphatic heterocycles. The number of rotatable bonds is 6. The fourth-order valence-electron chi connectivity index (χ4n) is 2.49. The molecule has 0 atom stereocenters. The number of hydrogen-bond acceptors (Lipinski definition) is 6. The fraction of sp³-hybridized carbons (Fsp3) is 0.211. The van der Waals surface area contributed by atoms with Crippen LogP contribution in [0.3, 0.4) is 0 Å². The molecule has 0 aliphatic rings. The van der Waals surface area contributed by atoms with Crippen molar-refractivity contribution in [2.75, 3.05) is 28.4 Å². The summed E-state index contributed by atoms with van der Waals surface area (Å²) in [6, 6.07) is 10.4. The van der Waals surface area contributed by atoms with Crippen molar-refractivity contribution in [1.82, 2.24) is 0 Å². The van der Waals surface area contributed by atoms with Crippen LogP contribution < -0.4 is 18.9 Å². The molecule has 0 unspecified atom stereocenters. The molecular weight excluding hydrogens is 322 g/mol. The number of methoxy groups -OCH3 is 4. The number of ether oxygens (including phenoxy) is 4. The van der Waals surface area contributed by atoms with Crippen LogP contribution in [0.4, 0.5) is 0 Å². The number of phenols is 1. The molecule has 2 aromatic carbocycles. The van der Waals surface area contributed by atoms with Crippen LogP contribution in [0, 0.1) is 11.3 Å². The number of aromatic hydroxyl groups is 1. The maximum Gasteiger partial charge on any atom is 0.203 e. The van der Waals surface area contributed by atoms with E-state index in [-0.39, 0.29) is 5.75 Å². The van der Waals surface area contributed by atoms with E-state index in [9.17, 15) is 10.4 Å². The minimum Gasteiger partial charge on any atom is -0.504 e. The number of phenolic OH excluding ortho intramolecular Hbond substituents is 1. The molecule has 6 heteroatoms. The van der Waals surface area contributed by atoms with E-state index in [2.05, 4.69) is 0 Å². The predicted molar refractivity (Wildman–Crippen MR) is 93.4 cm³/mol. The Hall–Kier alpha value is -3.33. The van der Waals surface area contributed by atoms with Crippen molar-refractivity contribution in [3.8, 4) is 34.8 Å². The Bertz CT molecular complexity index is 811. The van der Waals surface area contributed by atoms with Crippen molar-refractivity contribution in [2.24, 2.45) is 0 Å². The molecule has 0 spiro atoms. The van der Waals surface area contributed by atoms with Gasteiger partial charge in [0.2, 0.25) is 5.75 Å². The summed E-state index contributed by atoms with van der Waals surface area (Å²) in [6.07, 6.45) is 1.39. The van der Waals surface area contributed by atoms with Gasteiger partial charge in [0.05, 0.1) is 34.5 Å². The van der Waals surface area contributed by atoms with E-state index in [0.29, 0.717) is 39.7 Å². The average molecular weight is 341 g/mol. The Morgan fingerprint density at radius 2 is 1.48 bits per heavy atom. The zero-order chi connectivity index (χ0) is 18.4. The van der Waals surface area contributed by atoms with Crippen LogP contribution in [-0.2, 0) is 0 Å². The lowest BCUT2D eigenvalue weighted by Gasteiger charge is -2.16. The SMILES string of the molecule is COc1ccc(/C(=C/C#N)c2cc(OC)c(OC)c(OC)c2)cc1O. The highest BCUT2D eigenvalue weighted by Gasteiger charge is 2.17. The molecule has 130 valence electrons. The normalized spacial score (nSPS) is 10.8. The van der Waals surface area contributed by atoms with Crippen LogP contribution in [0.25, 0.3) is 5.57 Å². The van der Waals surface area contributed by atoms with Crippen LogP contribution in [0.1, 0.15) is 11.1 Å². The molecule has 0 heterocycles. The van der Waals surface area contributed by atoms with Gasteiger partial charge in [-0.15, -0.1) is 0 Å². The molecule has 2 rings (SSSR count). The van der Waals surface area contributed by atoms with Gasteiger partial charge in [0, 0.05) is 6.08 Å². The second-order valence-electron chi connectivity index (χ2n) is 4.99. The van der Waals surface area contributed by atoms with E-state index < -0.39 is 0 Å². The molecule has 0 radical (unpaired) electrons. The van der Waals surface area contributed by atoms with E-state index >= 15 is 0 Å². The monoisotopic (exact) mass is 341 g/mol. The van der Waals surface area contributed by atoms with Gasteiger partial charge in [-0.05, 0) is 41.0 Å². The van der Waals surface area contributed by atoms with Gasteiger partial charge in [0.25, 0.3) is 0 Å². The lowest BCUT2D eigenvalue weighted by Crippen LogP contribution is -1.98. The standard InChI is InChI=1S/C19H19NO5/c1-22-16-6-5-12(9-15(16)21)14(7-8-20)13-10-17(23-2)19(25-4)18(11-13)24-3/h5-7,9-11,21H,1-4H3/b14-7-. The highest BCUT2D eigenvalue weighted by molar-refractivity contribution is 5.84. The molecule has 0 aromatic heterocycles. The first-order valence-electron chi connectivity index (χ1n) is 7.37. The lowest BCUT2D eigenvalue weighted by atomic mass is 9.96. The molecule has 0 fully saturated rings. The van der Waals surface area contributed by atoms with Gasteiger partial charge < -0.3 is 24.1 Å². The topological polar surface area (TPSA) is 80.9 Å². The third kappa shape index (κ3) is 3.61. The van der Waals surface area contributed by atoms with Crippen molar-refractivity contribution in [2.45, 2.75) is 0 Å². The molecule has 25 heavy (non-hydrogen) atoms. The van der Waals surface area contributed by atoms with Gasteiger partial charge in [0.15, 0.2) is 23.0 Å². The summed E-state index contributed by atoms with van der Waals surface area (Å²) in [6.45, 7) is 0. The maximum absolute atomic E-state index is 10.0. The van der Waals surface area contributed by atoms with E-state index in [4.69, 9.17) is 18.9 Å². The third-order valence-electron chi connectivity index (χ3n) is 3.67. The van der Waals surface area contributed by atoms with Gasteiger partial charge in [-0.1, -0.05) is 6.07 Å². The second-order valence-corrected chi connectivity index (χ2v) is 4.99. The largest absolute Gasteiger partial charge is 0.504 e.